The molecule has 0 aromatic heterocycles. The predicted molar refractivity (Wildman–Crippen MR) is 99.7 cm³/mol. The standard InChI is InChI=1S/C17H17ClN2O5S/c1-26(22,23)20(11-17(21)19-13-4-2-12(18)3-5-13)14-6-7-15-16(10-14)25-9-8-24-15/h2-7,10H,8-9,11H2,1H3,(H,19,21). The molecule has 0 spiro atoms. The van der Waals surface area contributed by atoms with Crippen LogP contribution in [0.2, 0.25) is 5.02 Å². The van der Waals surface area contributed by atoms with Crippen molar-refractivity contribution in [1.29, 1.82) is 0 Å². The summed E-state index contributed by atoms with van der Waals surface area (Å²) < 4.78 is 36.3. The maximum atomic E-state index is 12.3. The van der Waals surface area contributed by atoms with Crippen molar-refractivity contribution >= 4 is 38.9 Å². The number of hydrogen-bond acceptors (Lipinski definition) is 5. The summed E-state index contributed by atoms with van der Waals surface area (Å²) >= 11 is 5.81. The van der Waals surface area contributed by atoms with Crippen LogP contribution in [-0.2, 0) is 14.8 Å². The van der Waals surface area contributed by atoms with E-state index in [1.165, 1.54) is 0 Å². The predicted octanol–water partition coefficient (Wildman–Crippen LogP) is 2.52. The molecule has 9 heteroatoms. The highest BCUT2D eigenvalue weighted by Gasteiger charge is 2.23. The molecule has 7 nitrogen and oxygen atoms in total. The number of carbonyl (C=O) groups excluding carboxylic acids is 1. The number of hydrogen-bond donors (Lipinski definition) is 1. The molecule has 2 aromatic carbocycles. The number of ether oxygens (including phenoxy) is 2. The van der Waals surface area contributed by atoms with Gasteiger partial charge in [-0.3, -0.25) is 9.10 Å². The Morgan fingerprint density at radius 1 is 1.12 bits per heavy atom. The fraction of sp³-hybridized carbons (Fsp3) is 0.235. The van der Waals surface area contributed by atoms with Crippen LogP contribution >= 0.6 is 11.6 Å². The fourth-order valence-corrected chi connectivity index (χ4v) is 3.43. The Kier molecular flexibility index (Phi) is 5.24. The van der Waals surface area contributed by atoms with Gasteiger partial charge in [-0.15, -0.1) is 0 Å². The van der Waals surface area contributed by atoms with Crippen LogP contribution < -0.4 is 19.1 Å². The van der Waals surface area contributed by atoms with Crippen LogP contribution in [0.4, 0.5) is 11.4 Å². The Morgan fingerprint density at radius 3 is 2.42 bits per heavy atom. The number of rotatable bonds is 5. The topological polar surface area (TPSA) is 84.9 Å². The summed E-state index contributed by atoms with van der Waals surface area (Å²) in [6.07, 6.45) is 1.04. The molecule has 0 unspecified atom stereocenters. The third kappa shape index (κ3) is 4.39. The van der Waals surface area contributed by atoms with Crippen LogP contribution in [0.5, 0.6) is 11.5 Å². The van der Waals surface area contributed by atoms with Crippen molar-refractivity contribution in [3.8, 4) is 11.5 Å². The van der Waals surface area contributed by atoms with Crippen LogP contribution in [0.15, 0.2) is 42.5 Å². The number of nitrogens with zero attached hydrogens (tertiary/aromatic N) is 1. The maximum absolute atomic E-state index is 12.3. The molecule has 0 saturated heterocycles. The van der Waals surface area contributed by atoms with Crippen LogP contribution in [0.25, 0.3) is 0 Å². The van der Waals surface area contributed by atoms with Gasteiger partial charge >= 0.3 is 0 Å². The van der Waals surface area contributed by atoms with Gasteiger partial charge in [0.25, 0.3) is 0 Å². The molecule has 1 heterocycles. The highest BCUT2D eigenvalue weighted by atomic mass is 35.5. The lowest BCUT2D eigenvalue weighted by Gasteiger charge is -2.24. The van der Waals surface area contributed by atoms with Crippen LogP contribution in [-0.4, -0.2) is 40.3 Å². The van der Waals surface area contributed by atoms with Gasteiger partial charge < -0.3 is 14.8 Å². The van der Waals surface area contributed by atoms with Gasteiger partial charge in [-0.25, -0.2) is 8.42 Å². The number of carbonyl (C=O) groups is 1. The second kappa shape index (κ2) is 7.43. The largest absolute Gasteiger partial charge is 0.486 e. The lowest BCUT2D eigenvalue weighted by atomic mass is 10.2. The van der Waals surface area contributed by atoms with Gasteiger partial charge in [0.1, 0.15) is 19.8 Å². The van der Waals surface area contributed by atoms with E-state index in [1.54, 1.807) is 42.5 Å². The second-order valence-electron chi connectivity index (χ2n) is 5.65. The van der Waals surface area contributed by atoms with E-state index in [4.69, 9.17) is 21.1 Å². The molecule has 1 aliphatic heterocycles. The van der Waals surface area contributed by atoms with E-state index in [-0.39, 0.29) is 6.54 Å². The zero-order valence-corrected chi connectivity index (χ0v) is 15.5. The van der Waals surface area contributed by atoms with E-state index < -0.39 is 15.9 Å². The fourth-order valence-electron chi connectivity index (χ4n) is 2.45. The molecule has 1 N–H and O–H groups in total. The van der Waals surface area contributed by atoms with Crippen molar-refractivity contribution in [2.75, 3.05) is 35.6 Å². The van der Waals surface area contributed by atoms with Crippen molar-refractivity contribution < 1.29 is 22.7 Å². The van der Waals surface area contributed by atoms with Crippen LogP contribution in [0.1, 0.15) is 0 Å². The summed E-state index contributed by atoms with van der Waals surface area (Å²) in [5.74, 6) is 0.507. The average Bonchev–Trinajstić information content (AvgIpc) is 2.60. The van der Waals surface area contributed by atoms with E-state index in [2.05, 4.69) is 5.32 Å². The molecule has 138 valence electrons. The molecule has 0 aliphatic carbocycles. The maximum Gasteiger partial charge on any atom is 0.245 e. The minimum atomic E-state index is -3.68. The quantitative estimate of drug-likeness (QED) is 0.839. The zero-order valence-electron chi connectivity index (χ0n) is 13.9. The molecule has 1 amide bonds. The van der Waals surface area contributed by atoms with E-state index >= 15 is 0 Å². The highest BCUT2D eigenvalue weighted by Crippen LogP contribution is 2.34. The molecule has 26 heavy (non-hydrogen) atoms. The first-order valence-electron chi connectivity index (χ1n) is 7.76. The Labute approximate surface area is 156 Å². The molecule has 0 bridgehead atoms. The summed E-state index contributed by atoms with van der Waals surface area (Å²) in [6, 6.07) is 11.3. The molecular weight excluding hydrogens is 380 g/mol. The van der Waals surface area contributed by atoms with Gasteiger partial charge in [0.2, 0.25) is 15.9 Å². The first-order valence-corrected chi connectivity index (χ1v) is 9.98. The molecule has 2 aromatic rings. The zero-order chi connectivity index (χ0) is 18.7. The summed E-state index contributed by atoms with van der Waals surface area (Å²) in [6.45, 7) is 0.444. The Hall–Kier alpha value is -2.45. The molecule has 3 rings (SSSR count). The molecule has 0 radical (unpaired) electrons. The minimum Gasteiger partial charge on any atom is -0.486 e. The number of anilines is 2. The van der Waals surface area contributed by atoms with E-state index in [0.717, 1.165) is 10.6 Å². The number of amides is 1. The molecule has 0 fully saturated rings. The first-order chi connectivity index (χ1) is 12.3. The number of fused-ring (bicyclic) bond motifs is 1. The first kappa shape index (κ1) is 18.3. The molecular formula is C17H17ClN2O5S. The summed E-state index contributed by atoms with van der Waals surface area (Å²) in [5, 5.41) is 3.18. The second-order valence-corrected chi connectivity index (χ2v) is 8.00. The van der Waals surface area contributed by atoms with Crippen LogP contribution in [0.3, 0.4) is 0 Å². The van der Waals surface area contributed by atoms with Crippen molar-refractivity contribution in [2.24, 2.45) is 0 Å². The Morgan fingerprint density at radius 2 is 1.77 bits per heavy atom. The van der Waals surface area contributed by atoms with Gasteiger partial charge in [-0.2, -0.15) is 0 Å². The Balaban J connectivity index is 1.80. The Bertz CT molecular complexity index is 915. The molecule has 0 saturated carbocycles. The van der Waals surface area contributed by atoms with Crippen molar-refractivity contribution in [3.63, 3.8) is 0 Å². The van der Waals surface area contributed by atoms with Gasteiger partial charge in [-0.05, 0) is 36.4 Å². The van der Waals surface area contributed by atoms with E-state index in [0.29, 0.717) is 41.1 Å². The normalized spacial score (nSPS) is 13.2. The number of benzene rings is 2. The van der Waals surface area contributed by atoms with Gasteiger partial charge in [0.15, 0.2) is 11.5 Å². The smallest absolute Gasteiger partial charge is 0.245 e. The number of halogens is 1. The summed E-state index contributed by atoms with van der Waals surface area (Å²) in [5.41, 5.74) is 0.845. The molecule has 0 atom stereocenters. The lowest BCUT2D eigenvalue weighted by molar-refractivity contribution is -0.114. The van der Waals surface area contributed by atoms with E-state index in [1.807, 2.05) is 0 Å². The van der Waals surface area contributed by atoms with Crippen LogP contribution in [0, 0.1) is 0 Å². The average molecular weight is 397 g/mol. The van der Waals surface area contributed by atoms with Crippen molar-refractivity contribution in [2.45, 2.75) is 0 Å². The van der Waals surface area contributed by atoms with Gasteiger partial charge in [0, 0.05) is 16.8 Å². The van der Waals surface area contributed by atoms with E-state index in [9.17, 15) is 13.2 Å². The number of sulfonamides is 1. The minimum absolute atomic E-state index is 0.322. The SMILES string of the molecule is CS(=O)(=O)N(CC(=O)Nc1ccc(Cl)cc1)c1ccc2c(c1)OCCO2. The third-order valence-corrected chi connectivity index (χ3v) is 5.02. The highest BCUT2D eigenvalue weighted by molar-refractivity contribution is 7.92. The number of nitrogens with one attached hydrogen (secondary N) is 1. The van der Waals surface area contributed by atoms with Gasteiger partial charge in [-0.1, -0.05) is 11.6 Å². The van der Waals surface area contributed by atoms with Crippen molar-refractivity contribution in [3.05, 3.63) is 47.5 Å². The summed E-state index contributed by atoms with van der Waals surface area (Å²) in [7, 11) is -3.68. The van der Waals surface area contributed by atoms with Crippen molar-refractivity contribution in [1.82, 2.24) is 0 Å². The summed E-state index contributed by atoms with van der Waals surface area (Å²) in [4.78, 5) is 12.3. The van der Waals surface area contributed by atoms with Gasteiger partial charge in [0.05, 0.1) is 11.9 Å². The lowest BCUT2D eigenvalue weighted by Crippen LogP contribution is -2.37. The molecule has 1 aliphatic rings. The third-order valence-electron chi connectivity index (χ3n) is 3.63. The monoisotopic (exact) mass is 396 g/mol.